The molecule has 3 heteroatoms. The third-order valence-electron chi connectivity index (χ3n) is 2.64. The van der Waals surface area contributed by atoms with E-state index >= 15 is 0 Å². The highest BCUT2D eigenvalue weighted by Gasteiger charge is 2.13. The minimum absolute atomic E-state index is 0.575. The maximum atomic E-state index is 5.74. The highest BCUT2D eigenvalue weighted by molar-refractivity contribution is 7.09. The zero-order valence-electron chi connectivity index (χ0n) is 9.29. The van der Waals surface area contributed by atoms with Crippen molar-refractivity contribution in [2.45, 2.75) is 33.6 Å². The summed E-state index contributed by atoms with van der Waals surface area (Å²) in [6.07, 6.45) is 2.07. The van der Waals surface area contributed by atoms with Crippen LogP contribution in [0.2, 0.25) is 0 Å². The van der Waals surface area contributed by atoms with E-state index in [0.29, 0.717) is 11.8 Å². The van der Waals surface area contributed by atoms with Gasteiger partial charge < -0.3 is 5.73 Å². The van der Waals surface area contributed by atoms with Gasteiger partial charge in [0.25, 0.3) is 0 Å². The second-order valence-corrected chi connectivity index (χ2v) is 4.97. The number of hydrogen-bond donors (Lipinski definition) is 1. The lowest BCUT2D eigenvalue weighted by Gasteiger charge is -2.16. The molecule has 2 nitrogen and oxygen atoms in total. The van der Waals surface area contributed by atoms with Gasteiger partial charge in [-0.25, -0.2) is 4.98 Å². The molecule has 1 rings (SSSR count). The van der Waals surface area contributed by atoms with Gasteiger partial charge in [-0.05, 0) is 24.8 Å². The van der Waals surface area contributed by atoms with Gasteiger partial charge in [0.15, 0.2) is 0 Å². The molecule has 1 aromatic rings. The molecule has 0 aliphatic rings. The van der Waals surface area contributed by atoms with Crippen molar-refractivity contribution in [1.82, 2.24) is 4.98 Å². The molecule has 1 unspecified atom stereocenters. The number of hydrogen-bond acceptors (Lipinski definition) is 3. The molecule has 1 atom stereocenters. The molecular formula is C11H20N2S. The lowest BCUT2D eigenvalue weighted by atomic mass is 9.93. The van der Waals surface area contributed by atoms with Gasteiger partial charge in [-0.3, -0.25) is 0 Å². The first kappa shape index (κ1) is 11.7. The van der Waals surface area contributed by atoms with Crippen molar-refractivity contribution in [3.8, 4) is 0 Å². The molecule has 0 aliphatic heterocycles. The zero-order chi connectivity index (χ0) is 10.6. The van der Waals surface area contributed by atoms with Crippen LogP contribution in [-0.4, -0.2) is 11.5 Å². The van der Waals surface area contributed by atoms with Gasteiger partial charge >= 0.3 is 0 Å². The summed E-state index contributed by atoms with van der Waals surface area (Å²) < 4.78 is 0. The van der Waals surface area contributed by atoms with Crippen LogP contribution in [0.25, 0.3) is 0 Å². The quantitative estimate of drug-likeness (QED) is 0.814. The minimum Gasteiger partial charge on any atom is -0.330 e. The van der Waals surface area contributed by atoms with Crippen LogP contribution in [0.3, 0.4) is 0 Å². The Morgan fingerprint density at radius 1 is 1.50 bits per heavy atom. The summed E-state index contributed by atoms with van der Waals surface area (Å²) in [6.45, 7) is 7.36. The maximum Gasteiger partial charge on any atom is 0.0931 e. The number of nitrogens with zero attached hydrogens (tertiary/aromatic N) is 1. The Balaban J connectivity index is 2.57. The average Bonchev–Trinajstić information content (AvgIpc) is 2.61. The Kier molecular flexibility index (Phi) is 4.55. The van der Waals surface area contributed by atoms with Crippen LogP contribution in [-0.2, 0) is 12.8 Å². The predicted molar refractivity (Wildman–Crippen MR) is 62.6 cm³/mol. The molecule has 1 heterocycles. The van der Waals surface area contributed by atoms with Gasteiger partial charge in [-0.1, -0.05) is 20.8 Å². The Labute approximate surface area is 90.6 Å². The van der Waals surface area contributed by atoms with E-state index in [-0.39, 0.29) is 0 Å². The van der Waals surface area contributed by atoms with E-state index in [4.69, 9.17) is 5.73 Å². The van der Waals surface area contributed by atoms with Crippen molar-refractivity contribution in [3.63, 3.8) is 0 Å². The van der Waals surface area contributed by atoms with Gasteiger partial charge in [0.1, 0.15) is 0 Å². The van der Waals surface area contributed by atoms with Gasteiger partial charge in [0.2, 0.25) is 0 Å². The van der Waals surface area contributed by atoms with Crippen LogP contribution in [0.5, 0.6) is 0 Å². The van der Waals surface area contributed by atoms with E-state index in [1.54, 1.807) is 11.3 Å². The minimum atomic E-state index is 0.575. The molecule has 0 spiro atoms. The Bertz CT molecular complexity index is 268. The molecule has 0 aromatic carbocycles. The van der Waals surface area contributed by atoms with Crippen LogP contribution in [0.15, 0.2) is 5.38 Å². The van der Waals surface area contributed by atoms with Crippen LogP contribution >= 0.6 is 11.3 Å². The Morgan fingerprint density at radius 3 is 2.64 bits per heavy atom. The summed E-state index contributed by atoms with van der Waals surface area (Å²) >= 11 is 1.77. The number of thiazole rings is 1. The lowest BCUT2D eigenvalue weighted by Crippen LogP contribution is -2.22. The molecule has 0 amide bonds. The van der Waals surface area contributed by atoms with Crippen LogP contribution in [0, 0.1) is 11.8 Å². The summed E-state index contributed by atoms with van der Waals surface area (Å²) in [5, 5.41) is 3.40. The maximum absolute atomic E-state index is 5.74. The highest BCUT2D eigenvalue weighted by Crippen LogP contribution is 2.19. The molecule has 0 bridgehead atoms. The number of nitrogens with two attached hydrogens (primary N) is 1. The SMILES string of the molecule is CCc1csc(CC(CN)C(C)C)n1. The van der Waals surface area contributed by atoms with Gasteiger partial charge in [0.05, 0.1) is 10.7 Å². The molecule has 0 aliphatic carbocycles. The fourth-order valence-electron chi connectivity index (χ4n) is 1.42. The first-order chi connectivity index (χ1) is 6.67. The molecule has 1 aromatic heterocycles. The Morgan fingerprint density at radius 2 is 2.21 bits per heavy atom. The third-order valence-corrected chi connectivity index (χ3v) is 3.56. The number of rotatable bonds is 5. The van der Waals surface area contributed by atoms with Crippen molar-refractivity contribution in [1.29, 1.82) is 0 Å². The van der Waals surface area contributed by atoms with Crippen molar-refractivity contribution in [3.05, 3.63) is 16.1 Å². The van der Waals surface area contributed by atoms with Gasteiger partial charge in [-0.2, -0.15) is 0 Å². The summed E-state index contributed by atoms with van der Waals surface area (Å²) in [5.74, 6) is 1.22. The average molecular weight is 212 g/mol. The van der Waals surface area contributed by atoms with Gasteiger partial charge in [-0.15, -0.1) is 11.3 Å². The molecule has 0 fully saturated rings. The third kappa shape index (κ3) is 3.07. The summed E-state index contributed by atoms with van der Waals surface area (Å²) in [6, 6.07) is 0. The largest absolute Gasteiger partial charge is 0.330 e. The number of aryl methyl sites for hydroxylation is 1. The van der Waals surface area contributed by atoms with Crippen molar-refractivity contribution < 1.29 is 0 Å². The first-order valence-electron chi connectivity index (χ1n) is 5.30. The van der Waals surface area contributed by atoms with Crippen LogP contribution < -0.4 is 5.73 Å². The van der Waals surface area contributed by atoms with E-state index in [2.05, 4.69) is 31.1 Å². The van der Waals surface area contributed by atoms with Crippen LogP contribution in [0.1, 0.15) is 31.5 Å². The van der Waals surface area contributed by atoms with Gasteiger partial charge in [0, 0.05) is 11.8 Å². The second-order valence-electron chi connectivity index (χ2n) is 4.03. The number of aromatic nitrogens is 1. The fraction of sp³-hybridized carbons (Fsp3) is 0.727. The van der Waals surface area contributed by atoms with Crippen molar-refractivity contribution in [2.75, 3.05) is 6.54 Å². The van der Waals surface area contributed by atoms with Crippen LogP contribution in [0.4, 0.5) is 0 Å². The van der Waals surface area contributed by atoms with E-state index in [9.17, 15) is 0 Å². The van der Waals surface area contributed by atoms with E-state index in [0.717, 1.165) is 19.4 Å². The predicted octanol–water partition coefficient (Wildman–Crippen LogP) is 2.48. The van der Waals surface area contributed by atoms with E-state index in [1.807, 2.05) is 0 Å². The monoisotopic (exact) mass is 212 g/mol. The summed E-state index contributed by atoms with van der Waals surface area (Å²) in [5.41, 5.74) is 6.95. The summed E-state index contributed by atoms with van der Waals surface area (Å²) in [4.78, 5) is 4.56. The fourth-order valence-corrected chi connectivity index (χ4v) is 2.39. The molecule has 0 saturated carbocycles. The van der Waals surface area contributed by atoms with Crippen molar-refractivity contribution in [2.24, 2.45) is 17.6 Å². The molecule has 0 saturated heterocycles. The first-order valence-corrected chi connectivity index (χ1v) is 6.18. The molecule has 2 N–H and O–H groups in total. The van der Waals surface area contributed by atoms with Crippen molar-refractivity contribution >= 4 is 11.3 Å². The normalized spacial score (nSPS) is 13.5. The molecule has 0 radical (unpaired) electrons. The van der Waals surface area contributed by atoms with E-state index in [1.165, 1.54) is 10.7 Å². The Hall–Kier alpha value is -0.410. The molecule has 14 heavy (non-hydrogen) atoms. The topological polar surface area (TPSA) is 38.9 Å². The molecule has 80 valence electrons. The second kappa shape index (κ2) is 5.47. The molecular weight excluding hydrogens is 192 g/mol. The van der Waals surface area contributed by atoms with E-state index < -0.39 is 0 Å². The standard InChI is InChI=1S/C11H20N2S/c1-4-10-7-14-11(13-10)5-9(6-12)8(2)3/h7-9H,4-6,12H2,1-3H3. The zero-order valence-corrected chi connectivity index (χ0v) is 10.1. The lowest BCUT2D eigenvalue weighted by molar-refractivity contribution is 0.391. The highest BCUT2D eigenvalue weighted by atomic mass is 32.1. The smallest absolute Gasteiger partial charge is 0.0931 e. The summed E-state index contributed by atoms with van der Waals surface area (Å²) in [7, 11) is 0.